The summed E-state index contributed by atoms with van der Waals surface area (Å²) in [6, 6.07) is 6.56. The summed E-state index contributed by atoms with van der Waals surface area (Å²) in [4.78, 5) is 0. The zero-order chi connectivity index (χ0) is 16.7. The molecule has 0 aromatic heterocycles. The fourth-order valence-corrected chi connectivity index (χ4v) is 3.50. The molecule has 2 rings (SSSR count). The van der Waals surface area contributed by atoms with Gasteiger partial charge in [-0.15, -0.1) is 0 Å². The molecular weight excluding hydrogens is 399 g/mol. The molecule has 1 aromatic carbocycles. The lowest BCUT2D eigenvalue weighted by Crippen LogP contribution is -1.96. The van der Waals surface area contributed by atoms with Gasteiger partial charge in [0.2, 0.25) is 0 Å². The van der Waals surface area contributed by atoms with E-state index >= 15 is 0 Å². The van der Waals surface area contributed by atoms with Crippen LogP contribution in [0.4, 0.5) is 0 Å². The Morgan fingerprint density at radius 1 is 1.26 bits per heavy atom. The van der Waals surface area contributed by atoms with E-state index in [9.17, 15) is 0 Å². The molecule has 1 fully saturated rings. The molecule has 0 N–H and O–H groups in total. The average molecular weight is 426 g/mol. The molecule has 2 unspecified atom stereocenters. The van der Waals surface area contributed by atoms with Crippen LogP contribution in [-0.2, 0) is 11.2 Å². The van der Waals surface area contributed by atoms with Crippen LogP contribution in [0.1, 0.15) is 43.2 Å². The van der Waals surface area contributed by atoms with E-state index in [1.54, 1.807) is 14.2 Å². The van der Waals surface area contributed by atoms with Crippen LogP contribution < -0.4 is 4.74 Å². The lowest BCUT2D eigenvalue weighted by atomic mass is 9.96. The van der Waals surface area contributed by atoms with Crippen molar-refractivity contribution in [3.63, 3.8) is 0 Å². The zero-order valence-corrected chi connectivity index (χ0v) is 16.5. The first kappa shape index (κ1) is 18.4. The van der Waals surface area contributed by atoms with Crippen LogP contribution in [0.2, 0.25) is 0 Å². The minimum Gasteiger partial charge on any atom is -0.504 e. The van der Waals surface area contributed by atoms with E-state index in [0.717, 1.165) is 25.0 Å². The Hall–Kier alpha value is -0.970. The van der Waals surface area contributed by atoms with Crippen molar-refractivity contribution in [1.82, 2.24) is 0 Å². The van der Waals surface area contributed by atoms with E-state index in [1.807, 2.05) is 6.26 Å². The van der Waals surface area contributed by atoms with Gasteiger partial charge in [-0.2, -0.15) is 0 Å². The van der Waals surface area contributed by atoms with Gasteiger partial charge in [-0.25, -0.2) is 0 Å². The molecule has 23 heavy (non-hydrogen) atoms. The van der Waals surface area contributed by atoms with Crippen molar-refractivity contribution >= 4 is 22.6 Å². The van der Waals surface area contributed by atoms with Gasteiger partial charge < -0.3 is 9.47 Å². The van der Waals surface area contributed by atoms with Gasteiger partial charge in [-0.3, -0.25) is 0 Å². The van der Waals surface area contributed by atoms with E-state index in [4.69, 9.17) is 9.47 Å². The number of hydrogen-bond acceptors (Lipinski definition) is 2. The third-order valence-electron chi connectivity index (χ3n) is 4.45. The standard InChI is InChI=1S/C20H27IO2/c1-15(14-22-2)19-13-20(19)18-10-9-17(23-3)12-16(18)8-6-4-5-7-11-21/h4-5,9-10,12,14,19-20H,6-8,11,13H2,1-3H3/b5-4-,15-14+. The molecule has 2 nitrogen and oxygen atoms in total. The normalized spacial score (nSPS) is 20.8. The summed E-state index contributed by atoms with van der Waals surface area (Å²) in [7, 11) is 3.46. The maximum Gasteiger partial charge on any atom is 0.119 e. The van der Waals surface area contributed by atoms with E-state index < -0.39 is 0 Å². The molecule has 1 saturated carbocycles. The number of benzene rings is 1. The van der Waals surface area contributed by atoms with Crippen molar-refractivity contribution in [2.75, 3.05) is 18.6 Å². The lowest BCUT2D eigenvalue weighted by Gasteiger charge is -2.11. The van der Waals surface area contributed by atoms with E-state index in [2.05, 4.69) is 59.9 Å². The maximum atomic E-state index is 5.42. The number of rotatable bonds is 9. The summed E-state index contributed by atoms with van der Waals surface area (Å²) in [5.74, 6) is 2.23. The van der Waals surface area contributed by atoms with Gasteiger partial charge in [0, 0.05) is 4.43 Å². The Balaban J connectivity index is 2.08. The highest BCUT2D eigenvalue weighted by atomic mass is 127. The molecule has 1 aliphatic carbocycles. The number of hydrogen-bond donors (Lipinski definition) is 0. The average Bonchev–Trinajstić information content (AvgIpc) is 3.35. The fraction of sp³-hybridized carbons (Fsp3) is 0.500. The summed E-state index contributed by atoms with van der Waals surface area (Å²) in [6.07, 6.45) is 11.1. The number of allylic oxidation sites excluding steroid dienone is 3. The molecule has 2 atom stereocenters. The molecule has 0 heterocycles. The third-order valence-corrected chi connectivity index (χ3v) is 5.07. The number of aryl methyl sites for hydroxylation is 1. The first-order chi connectivity index (χ1) is 11.2. The highest BCUT2D eigenvalue weighted by Gasteiger charge is 2.40. The topological polar surface area (TPSA) is 18.5 Å². The zero-order valence-electron chi connectivity index (χ0n) is 14.3. The first-order valence-electron chi connectivity index (χ1n) is 8.28. The van der Waals surface area contributed by atoms with Gasteiger partial charge in [-0.1, -0.05) is 40.8 Å². The number of alkyl halides is 1. The summed E-state index contributed by atoms with van der Waals surface area (Å²) < 4.78 is 11.8. The van der Waals surface area contributed by atoms with E-state index in [0.29, 0.717) is 11.8 Å². The summed E-state index contributed by atoms with van der Waals surface area (Å²) in [5, 5.41) is 0. The second kappa shape index (κ2) is 9.36. The molecule has 0 saturated heterocycles. The van der Waals surface area contributed by atoms with Gasteiger partial charge >= 0.3 is 0 Å². The molecule has 0 amide bonds. The third kappa shape index (κ3) is 5.27. The van der Waals surface area contributed by atoms with Crippen molar-refractivity contribution in [3.8, 4) is 5.75 Å². The molecule has 1 aliphatic rings. The molecule has 0 aliphatic heterocycles. The fourth-order valence-electron chi connectivity index (χ4n) is 3.14. The molecule has 1 aromatic rings. The summed E-state index contributed by atoms with van der Waals surface area (Å²) >= 11 is 2.41. The van der Waals surface area contributed by atoms with Crippen molar-refractivity contribution in [2.45, 2.75) is 38.5 Å². The Bertz CT molecular complexity index is 563. The predicted molar refractivity (Wildman–Crippen MR) is 106 cm³/mol. The summed E-state index contributed by atoms with van der Waals surface area (Å²) in [5.41, 5.74) is 4.27. The molecule has 3 heteroatoms. The van der Waals surface area contributed by atoms with Crippen molar-refractivity contribution < 1.29 is 9.47 Å². The Kier molecular flexibility index (Phi) is 7.47. The monoisotopic (exact) mass is 426 g/mol. The Morgan fingerprint density at radius 3 is 2.74 bits per heavy atom. The van der Waals surface area contributed by atoms with Crippen molar-refractivity contribution in [1.29, 1.82) is 0 Å². The number of ether oxygens (including phenoxy) is 2. The van der Waals surface area contributed by atoms with Crippen molar-refractivity contribution in [3.05, 3.63) is 53.3 Å². The van der Waals surface area contributed by atoms with Crippen LogP contribution in [0, 0.1) is 5.92 Å². The van der Waals surface area contributed by atoms with E-state index in [-0.39, 0.29) is 0 Å². The summed E-state index contributed by atoms with van der Waals surface area (Å²) in [6.45, 7) is 2.17. The van der Waals surface area contributed by atoms with Gasteiger partial charge in [0.05, 0.1) is 20.5 Å². The van der Waals surface area contributed by atoms with Crippen LogP contribution in [0.15, 0.2) is 42.2 Å². The van der Waals surface area contributed by atoms with Gasteiger partial charge in [0.25, 0.3) is 0 Å². The minimum atomic E-state index is 0.636. The molecule has 0 radical (unpaired) electrons. The number of methoxy groups -OCH3 is 2. The van der Waals surface area contributed by atoms with E-state index in [1.165, 1.54) is 27.5 Å². The Morgan fingerprint density at radius 2 is 2.04 bits per heavy atom. The highest BCUT2D eigenvalue weighted by molar-refractivity contribution is 14.1. The van der Waals surface area contributed by atoms with Crippen molar-refractivity contribution in [2.24, 2.45) is 5.92 Å². The van der Waals surface area contributed by atoms with Gasteiger partial charge in [0.1, 0.15) is 5.75 Å². The second-order valence-corrected chi connectivity index (χ2v) is 7.18. The minimum absolute atomic E-state index is 0.636. The van der Waals surface area contributed by atoms with Crippen LogP contribution in [0.3, 0.4) is 0 Å². The lowest BCUT2D eigenvalue weighted by molar-refractivity contribution is 0.332. The molecule has 0 spiro atoms. The highest BCUT2D eigenvalue weighted by Crippen LogP contribution is 2.53. The predicted octanol–water partition coefficient (Wildman–Crippen LogP) is 5.66. The largest absolute Gasteiger partial charge is 0.504 e. The SMILES string of the molecule is CO/C=C(\C)C1CC1c1ccc(OC)cc1CC/C=C\CCI. The van der Waals surface area contributed by atoms with Gasteiger partial charge in [-0.05, 0) is 73.3 Å². The smallest absolute Gasteiger partial charge is 0.119 e. The molecule has 126 valence electrons. The van der Waals surface area contributed by atoms with Crippen LogP contribution >= 0.6 is 22.6 Å². The first-order valence-corrected chi connectivity index (χ1v) is 9.81. The Labute approximate surface area is 154 Å². The molecule has 0 bridgehead atoms. The second-order valence-electron chi connectivity index (χ2n) is 6.10. The quantitative estimate of drug-likeness (QED) is 0.220. The van der Waals surface area contributed by atoms with Crippen LogP contribution in [-0.4, -0.2) is 18.6 Å². The van der Waals surface area contributed by atoms with Gasteiger partial charge in [0.15, 0.2) is 0 Å². The number of halogens is 1. The van der Waals surface area contributed by atoms with Crippen LogP contribution in [0.25, 0.3) is 0 Å². The van der Waals surface area contributed by atoms with Crippen LogP contribution in [0.5, 0.6) is 5.75 Å². The molecular formula is C20H27IO2. The maximum absolute atomic E-state index is 5.42.